The summed E-state index contributed by atoms with van der Waals surface area (Å²) in [5.74, 6) is -0.444. The summed E-state index contributed by atoms with van der Waals surface area (Å²) in [6.45, 7) is 3.62. The van der Waals surface area contributed by atoms with Gasteiger partial charge < -0.3 is 15.0 Å². The zero-order valence-corrected chi connectivity index (χ0v) is 23.0. The van der Waals surface area contributed by atoms with Crippen LogP contribution in [-0.2, 0) is 22.6 Å². The minimum atomic E-state index is -0.791. The highest BCUT2D eigenvalue weighted by Crippen LogP contribution is 2.33. The molecular formula is C31H30BrFN2O3. The Hall–Kier alpha value is -3.71. The molecule has 0 aliphatic heterocycles. The van der Waals surface area contributed by atoms with Crippen molar-refractivity contribution in [3.05, 3.63) is 112 Å². The lowest BCUT2D eigenvalue weighted by atomic mass is 10.0. The molecule has 0 fully saturated rings. The fraction of sp³-hybridized carbons (Fsp3) is 0.226. The summed E-state index contributed by atoms with van der Waals surface area (Å²) >= 11 is 3.60. The summed E-state index contributed by atoms with van der Waals surface area (Å²) in [5.41, 5.74) is 1.63. The van der Waals surface area contributed by atoms with Crippen LogP contribution in [0.3, 0.4) is 0 Å². The van der Waals surface area contributed by atoms with Gasteiger partial charge in [0.15, 0.2) is 6.61 Å². The van der Waals surface area contributed by atoms with Crippen LogP contribution >= 0.6 is 15.9 Å². The summed E-state index contributed by atoms with van der Waals surface area (Å²) in [7, 11) is 0. The molecule has 0 bridgehead atoms. The number of amides is 2. The first kappa shape index (κ1) is 27.3. The van der Waals surface area contributed by atoms with E-state index in [-0.39, 0.29) is 36.8 Å². The molecule has 5 nitrogen and oxygen atoms in total. The molecule has 4 aromatic carbocycles. The number of halogens is 2. The van der Waals surface area contributed by atoms with Gasteiger partial charge in [-0.2, -0.15) is 0 Å². The standard InChI is InChI=1S/C31H30BrFN2O3/c1-21(2)34-31(37)27(18-22-8-4-3-5-9-22)35(19-23-12-15-25(33)16-13-23)29(36)20-38-28-17-14-24-10-6-7-11-26(24)30(28)32/h3-17,21,27H,18-20H2,1-2H3,(H,34,37). The minimum Gasteiger partial charge on any atom is -0.483 e. The van der Waals surface area contributed by atoms with Crippen LogP contribution in [0.25, 0.3) is 10.8 Å². The van der Waals surface area contributed by atoms with E-state index in [9.17, 15) is 14.0 Å². The molecule has 1 unspecified atom stereocenters. The van der Waals surface area contributed by atoms with Gasteiger partial charge in [-0.1, -0.05) is 72.8 Å². The molecule has 2 amide bonds. The predicted molar refractivity (Wildman–Crippen MR) is 151 cm³/mol. The molecule has 0 saturated heterocycles. The zero-order valence-electron chi connectivity index (χ0n) is 21.4. The van der Waals surface area contributed by atoms with Crippen LogP contribution in [0.5, 0.6) is 5.75 Å². The highest BCUT2D eigenvalue weighted by Gasteiger charge is 2.31. The third-order valence-corrected chi connectivity index (χ3v) is 6.97. The van der Waals surface area contributed by atoms with Crippen LogP contribution in [0, 0.1) is 5.82 Å². The fourth-order valence-corrected chi connectivity index (χ4v) is 4.88. The summed E-state index contributed by atoms with van der Waals surface area (Å²) in [4.78, 5) is 28.6. The molecular weight excluding hydrogens is 547 g/mol. The van der Waals surface area contributed by atoms with Crippen LogP contribution in [0.4, 0.5) is 4.39 Å². The second-order valence-corrected chi connectivity index (χ2v) is 10.2. The van der Waals surface area contributed by atoms with Gasteiger partial charge in [0.05, 0.1) is 4.47 Å². The van der Waals surface area contributed by atoms with Crippen molar-refractivity contribution in [3.63, 3.8) is 0 Å². The summed E-state index contributed by atoms with van der Waals surface area (Å²) in [6, 6.07) is 26.2. The normalized spacial score (nSPS) is 11.8. The first-order valence-electron chi connectivity index (χ1n) is 12.5. The van der Waals surface area contributed by atoms with Gasteiger partial charge in [-0.25, -0.2) is 4.39 Å². The third kappa shape index (κ3) is 6.98. The molecule has 0 aromatic heterocycles. The highest BCUT2D eigenvalue weighted by molar-refractivity contribution is 9.10. The second kappa shape index (κ2) is 12.7. The van der Waals surface area contributed by atoms with Crippen molar-refractivity contribution in [2.24, 2.45) is 0 Å². The Kier molecular flexibility index (Phi) is 9.13. The molecule has 0 saturated carbocycles. The van der Waals surface area contributed by atoms with Crippen molar-refractivity contribution in [1.82, 2.24) is 10.2 Å². The molecule has 0 radical (unpaired) electrons. The third-order valence-electron chi connectivity index (χ3n) is 6.15. The van der Waals surface area contributed by atoms with Crippen LogP contribution in [0.2, 0.25) is 0 Å². The average molecular weight is 577 g/mol. The van der Waals surface area contributed by atoms with Crippen LogP contribution < -0.4 is 10.1 Å². The van der Waals surface area contributed by atoms with E-state index in [0.717, 1.165) is 20.8 Å². The Balaban J connectivity index is 1.63. The number of nitrogens with one attached hydrogen (secondary N) is 1. The Morgan fingerprint density at radius 2 is 1.58 bits per heavy atom. The Labute approximate surface area is 230 Å². The lowest BCUT2D eigenvalue weighted by Crippen LogP contribution is -2.52. The van der Waals surface area contributed by atoms with E-state index in [0.29, 0.717) is 17.7 Å². The molecule has 1 atom stereocenters. The van der Waals surface area contributed by atoms with Gasteiger partial charge in [-0.3, -0.25) is 9.59 Å². The molecule has 0 aliphatic rings. The van der Waals surface area contributed by atoms with E-state index in [4.69, 9.17) is 4.74 Å². The van der Waals surface area contributed by atoms with Gasteiger partial charge in [0.2, 0.25) is 5.91 Å². The number of hydrogen-bond acceptors (Lipinski definition) is 3. The SMILES string of the molecule is CC(C)NC(=O)C(Cc1ccccc1)N(Cc1ccc(F)cc1)C(=O)COc1ccc2ccccc2c1Br. The van der Waals surface area contributed by atoms with Gasteiger partial charge >= 0.3 is 0 Å². The van der Waals surface area contributed by atoms with Crippen molar-refractivity contribution in [1.29, 1.82) is 0 Å². The zero-order chi connectivity index (χ0) is 27.1. The number of hydrogen-bond donors (Lipinski definition) is 1. The minimum absolute atomic E-state index is 0.103. The number of carbonyl (C=O) groups excluding carboxylic acids is 2. The monoisotopic (exact) mass is 576 g/mol. The summed E-state index contributed by atoms with van der Waals surface area (Å²) in [6.07, 6.45) is 0.325. The Morgan fingerprint density at radius 1 is 0.895 bits per heavy atom. The second-order valence-electron chi connectivity index (χ2n) is 9.40. The lowest BCUT2D eigenvalue weighted by Gasteiger charge is -2.32. The molecule has 4 rings (SSSR count). The van der Waals surface area contributed by atoms with Gasteiger partial charge in [0.25, 0.3) is 5.91 Å². The number of carbonyl (C=O) groups is 2. The number of rotatable bonds is 10. The largest absolute Gasteiger partial charge is 0.483 e. The fourth-order valence-electron chi connectivity index (χ4n) is 4.27. The maximum Gasteiger partial charge on any atom is 0.261 e. The molecule has 0 heterocycles. The van der Waals surface area contributed by atoms with Crippen molar-refractivity contribution in [2.45, 2.75) is 38.9 Å². The van der Waals surface area contributed by atoms with Crippen molar-refractivity contribution in [3.8, 4) is 5.75 Å². The number of ether oxygens (including phenoxy) is 1. The van der Waals surface area contributed by atoms with Crippen LogP contribution in [0.1, 0.15) is 25.0 Å². The van der Waals surface area contributed by atoms with Crippen LogP contribution in [-0.4, -0.2) is 35.4 Å². The molecule has 1 N–H and O–H groups in total. The van der Waals surface area contributed by atoms with Gasteiger partial charge in [-0.05, 0) is 69.9 Å². The van der Waals surface area contributed by atoms with E-state index < -0.39 is 6.04 Å². The van der Waals surface area contributed by atoms with E-state index in [1.807, 2.05) is 80.6 Å². The van der Waals surface area contributed by atoms with E-state index >= 15 is 0 Å². The molecule has 0 aliphatic carbocycles. The number of fused-ring (bicyclic) bond motifs is 1. The van der Waals surface area contributed by atoms with Crippen molar-refractivity contribution in [2.75, 3.05) is 6.61 Å². The van der Waals surface area contributed by atoms with Crippen LogP contribution in [0.15, 0.2) is 95.5 Å². The van der Waals surface area contributed by atoms with Gasteiger partial charge in [0, 0.05) is 19.0 Å². The number of benzene rings is 4. The topological polar surface area (TPSA) is 58.6 Å². The summed E-state index contributed by atoms with van der Waals surface area (Å²) in [5, 5.41) is 4.97. The van der Waals surface area contributed by atoms with E-state index in [1.54, 1.807) is 12.1 Å². The first-order chi connectivity index (χ1) is 18.3. The Bertz CT molecular complexity index is 1390. The maximum atomic E-state index is 13.7. The summed E-state index contributed by atoms with van der Waals surface area (Å²) < 4.78 is 20.3. The lowest BCUT2D eigenvalue weighted by molar-refractivity contribution is -0.143. The van der Waals surface area contributed by atoms with Gasteiger partial charge in [0.1, 0.15) is 17.6 Å². The maximum absolute atomic E-state index is 13.7. The molecule has 196 valence electrons. The van der Waals surface area contributed by atoms with Crippen molar-refractivity contribution >= 4 is 38.5 Å². The Morgan fingerprint density at radius 3 is 2.29 bits per heavy atom. The molecule has 4 aromatic rings. The quantitative estimate of drug-likeness (QED) is 0.241. The number of nitrogens with zero attached hydrogens (tertiary/aromatic N) is 1. The van der Waals surface area contributed by atoms with E-state index in [2.05, 4.69) is 21.2 Å². The molecule has 7 heteroatoms. The molecule has 38 heavy (non-hydrogen) atoms. The van der Waals surface area contributed by atoms with Crippen molar-refractivity contribution < 1.29 is 18.7 Å². The predicted octanol–water partition coefficient (Wildman–Crippen LogP) is 6.28. The smallest absolute Gasteiger partial charge is 0.261 e. The molecule has 0 spiro atoms. The first-order valence-corrected chi connectivity index (χ1v) is 13.3. The highest BCUT2D eigenvalue weighted by atomic mass is 79.9. The van der Waals surface area contributed by atoms with Gasteiger partial charge in [-0.15, -0.1) is 0 Å². The average Bonchev–Trinajstić information content (AvgIpc) is 2.91. The van der Waals surface area contributed by atoms with E-state index in [1.165, 1.54) is 17.0 Å².